The second-order valence-corrected chi connectivity index (χ2v) is 7.90. The van der Waals surface area contributed by atoms with E-state index in [1.165, 1.54) is 6.07 Å². The maximum absolute atomic E-state index is 14.6. The van der Waals surface area contributed by atoms with Crippen molar-refractivity contribution in [2.45, 2.75) is 32.6 Å². The van der Waals surface area contributed by atoms with E-state index in [2.05, 4.69) is 28.7 Å². The smallest absolute Gasteiger partial charge is 0.325 e. The van der Waals surface area contributed by atoms with Crippen molar-refractivity contribution in [3.8, 4) is 11.8 Å². The fraction of sp³-hybridized carbons (Fsp3) is 0.304. The average Bonchev–Trinajstić information content (AvgIpc) is 3.43. The van der Waals surface area contributed by atoms with Crippen LogP contribution in [0.5, 0.6) is 0 Å². The van der Waals surface area contributed by atoms with Crippen molar-refractivity contribution in [2.75, 3.05) is 11.4 Å². The summed E-state index contributed by atoms with van der Waals surface area (Å²) in [7, 11) is 0. The lowest BCUT2D eigenvalue weighted by atomic mass is 9.95. The lowest BCUT2D eigenvalue weighted by Crippen LogP contribution is -2.28. The van der Waals surface area contributed by atoms with Crippen molar-refractivity contribution in [3.63, 3.8) is 0 Å². The molecule has 1 saturated carbocycles. The summed E-state index contributed by atoms with van der Waals surface area (Å²) >= 11 is 0. The van der Waals surface area contributed by atoms with Crippen LogP contribution < -0.4 is 10.6 Å². The molecule has 3 aromatic rings. The molecule has 2 aromatic carbocycles. The zero-order valence-corrected chi connectivity index (χ0v) is 15.7. The van der Waals surface area contributed by atoms with Crippen LogP contribution in [0.25, 0.3) is 10.9 Å². The van der Waals surface area contributed by atoms with Crippen LogP contribution in [0, 0.1) is 23.1 Å². The van der Waals surface area contributed by atoms with Crippen molar-refractivity contribution in [3.05, 3.63) is 63.8 Å². The third-order valence-electron chi connectivity index (χ3n) is 5.69. The monoisotopic (exact) mass is 373 g/mol. The number of benzene rings is 2. The first-order valence-electron chi connectivity index (χ1n) is 9.65. The summed E-state index contributed by atoms with van der Waals surface area (Å²) in [6.07, 6.45) is 4.12. The van der Waals surface area contributed by atoms with Gasteiger partial charge >= 0.3 is 5.69 Å². The molecule has 28 heavy (non-hydrogen) atoms. The van der Waals surface area contributed by atoms with E-state index >= 15 is 0 Å². The van der Waals surface area contributed by atoms with Gasteiger partial charge in [0.1, 0.15) is 5.82 Å². The second-order valence-electron chi connectivity index (χ2n) is 7.90. The fourth-order valence-electron chi connectivity index (χ4n) is 3.84. The summed E-state index contributed by atoms with van der Waals surface area (Å²) in [5.41, 5.74) is 3.27. The highest BCUT2D eigenvalue weighted by molar-refractivity contribution is 5.92. The third-order valence-corrected chi connectivity index (χ3v) is 5.69. The molecule has 0 radical (unpaired) electrons. The van der Waals surface area contributed by atoms with Crippen LogP contribution in [0.3, 0.4) is 0 Å². The number of anilines is 2. The molecule has 5 heteroatoms. The molecule has 1 aliphatic heterocycles. The summed E-state index contributed by atoms with van der Waals surface area (Å²) in [5, 5.41) is 0.344. The van der Waals surface area contributed by atoms with Gasteiger partial charge in [-0.05, 0) is 62.4 Å². The molecule has 2 aliphatic rings. The zero-order chi connectivity index (χ0) is 19.3. The summed E-state index contributed by atoms with van der Waals surface area (Å²) in [4.78, 5) is 20.9. The van der Waals surface area contributed by atoms with Gasteiger partial charge in [0.2, 0.25) is 0 Å². The fourth-order valence-corrected chi connectivity index (χ4v) is 3.84. The van der Waals surface area contributed by atoms with E-state index in [4.69, 9.17) is 0 Å². The number of hydrogen-bond acceptors (Lipinski definition) is 3. The predicted molar refractivity (Wildman–Crippen MR) is 108 cm³/mol. The highest BCUT2D eigenvalue weighted by atomic mass is 19.1. The summed E-state index contributed by atoms with van der Waals surface area (Å²) in [6.45, 7) is 2.87. The number of halogens is 1. The molecule has 2 heterocycles. The average molecular weight is 373 g/mol. The predicted octanol–water partition coefficient (Wildman–Crippen LogP) is 4.30. The first-order chi connectivity index (χ1) is 13.5. The van der Waals surface area contributed by atoms with Gasteiger partial charge in [-0.25, -0.2) is 9.18 Å². The van der Waals surface area contributed by atoms with Gasteiger partial charge in [-0.1, -0.05) is 24.0 Å². The Morgan fingerprint density at radius 3 is 2.86 bits per heavy atom. The lowest BCUT2D eigenvalue weighted by Gasteiger charge is -2.31. The molecule has 0 amide bonds. The topological polar surface area (TPSA) is 49.0 Å². The number of hydrogen-bond donors (Lipinski definition) is 1. The first kappa shape index (κ1) is 17.0. The van der Waals surface area contributed by atoms with Gasteiger partial charge in [0.25, 0.3) is 0 Å². The molecule has 0 bridgehead atoms. The Morgan fingerprint density at radius 1 is 1.21 bits per heavy atom. The molecule has 0 spiro atoms. The van der Waals surface area contributed by atoms with E-state index in [-0.39, 0.29) is 11.2 Å². The van der Waals surface area contributed by atoms with Crippen molar-refractivity contribution in [2.24, 2.45) is 5.41 Å². The number of aromatic amines is 1. The molecule has 4 nitrogen and oxygen atoms in total. The molecular formula is C23H20FN3O. The maximum atomic E-state index is 14.6. The van der Waals surface area contributed by atoms with Gasteiger partial charge in [-0.3, -0.25) is 0 Å². The van der Waals surface area contributed by atoms with Crippen molar-refractivity contribution < 1.29 is 4.39 Å². The minimum absolute atomic E-state index is 0.157. The van der Waals surface area contributed by atoms with Gasteiger partial charge < -0.3 is 9.88 Å². The number of nitrogens with one attached hydrogen (secondary N) is 1. The van der Waals surface area contributed by atoms with Crippen LogP contribution in [0.4, 0.5) is 15.9 Å². The number of aromatic nitrogens is 2. The van der Waals surface area contributed by atoms with Gasteiger partial charge in [0.05, 0.1) is 10.9 Å². The molecule has 0 unspecified atom stereocenters. The highest BCUT2D eigenvalue weighted by Gasteiger charge is 2.35. The third kappa shape index (κ3) is 2.86. The minimum Gasteiger partial charge on any atom is -0.325 e. The Kier molecular flexibility index (Phi) is 3.77. The molecule has 140 valence electrons. The standard InChI is InChI=1S/C23H20FN3O/c1-23(12-13-23)11-10-15-5-2-9-19-16(15)6-4-14-27(19)21-20-17(24)7-3-8-18(20)25-22(28)26-21/h2-3,5,7-9H,4,6,12-14H2,1H3,(H,25,26,28). The van der Waals surface area contributed by atoms with Crippen LogP contribution in [0.15, 0.2) is 41.2 Å². The Balaban J connectivity index is 1.68. The summed E-state index contributed by atoms with van der Waals surface area (Å²) in [5.74, 6) is 6.76. The van der Waals surface area contributed by atoms with Crippen molar-refractivity contribution in [1.29, 1.82) is 0 Å². The van der Waals surface area contributed by atoms with Crippen LogP contribution in [-0.4, -0.2) is 16.5 Å². The Bertz CT molecular complexity index is 1210. The zero-order valence-electron chi connectivity index (χ0n) is 15.7. The SMILES string of the molecule is CC1(C#Cc2cccc3c2CCCN3c2nc(=O)[nH]c3cccc(F)c23)CC1. The quantitative estimate of drug-likeness (QED) is 0.647. The van der Waals surface area contributed by atoms with Gasteiger partial charge in [-0.15, -0.1) is 0 Å². The van der Waals surface area contributed by atoms with Crippen LogP contribution >= 0.6 is 0 Å². The van der Waals surface area contributed by atoms with E-state index < -0.39 is 5.69 Å². The highest BCUT2D eigenvalue weighted by Crippen LogP contribution is 2.44. The summed E-state index contributed by atoms with van der Waals surface area (Å²) in [6, 6.07) is 10.7. The van der Waals surface area contributed by atoms with E-state index in [9.17, 15) is 9.18 Å². The largest absolute Gasteiger partial charge is 0.347 e. The number of H-pyrrole nitrogens is 1. The number of fused-ring (bicyclic) bond motifs is 2. The normalized spacial score (nSPS) is 17.0. The molecule has 0 saturated heterocycles. The minimum atomic E-state index is -0.474. The van der Waals surface area contributed by atoms with E-state index in [0.29, 0.717) is 23.3 Å². The Hall–Kier alpha value is -3.13. The molecule has 1 fully saturated rings. The maximum Gasteiger partial charge on any atom is 0.347 e. The van der Waals surface area contributed by atoms with Crippen LogP contribution in [-0.2, 0) is 6.42 Å². The molecule has 5 rings (SSSR count). The van der Waals surface area contributed by atoms with Crippen LogP contribution in [0.1, 0.15) is 37.3 Å². The van der Waals surface area contributed by atoms with Gasteiger partial charge in [0.15, 0.2) is 5.82 Å². The lowest BCUT2D eigenvalue weighted by molar-refractivity contribution is 0.638. The number of nitrogens with zero attached hydrogens (tertiary/aromatic N) is 2. The molecule has 1 N–H and O–H groups in total. The molecule has 1 aromatic heterocycles. The van der Waals surface area contributed by atoms with E-state index in [0.717, 1.165) is 42.5 Å². The molecule has 1 aliphatic carbocycles. The summed E-state index contributed by atoms with van der Waals surface area (Å²) < 4.78 is 14.6. The van der Waals surface area contributed by atoms with Crippen molar-refractivity contribution in [1.82, 2.24) is 9.97 Å². The van der Waals surface area contributed by atoms with Crippen molar-refractivity contribution >= 4 is 22.4 Å². The Labute approximate surface area is 162 Å². The molecule has 0 atom stereocenters. The second kappa shape index (κ2) is 6.20. The molecular weight excluding hydrogens is 353 g/mol. The van der Waals surface area contributed by atoms with E-state index in [1.54, 1.807) is 12.1 Å². The van der Waals surface area contributed by atoms with Crippen LogP contribution in [0.2, 0.25) is 0 Å². The number of rotatable bonds is 1. The first-order valence-corrected chi connectivity index (χ1v) is 9.65. The van der Waals surface area contributed by atoms with Gasteiger partial charge in [-0.2, -0.15) is 4.98 Å². The van der Waals surface area contributed by atoms with Gasteiger partial charge in [0, 0.05) is 23.2 Å². The van der Waals surface area contributed by atoms with E-state index in [1.807, 2.05) is 23.1 Å². The Morgan fingerprint density at radius 2 is 2.04 bits per heavy atom.